The van der Waals surface area contributed by atoms with Gasteiger partial charge in [0.15, 0.2) is 9.84 Å². The molecule has 1 aromatic carbocycles. The Morgan fingerprint density at radius 3 is 2.48 bits per heavy atom. The number of carbonyl (C=O) groups excluding carboxylic acids is 1. The van der Waals surface area contributed by atoms with Crippen LogP contribution in [0.3, 0.4) is 0 Å². The average Bonchev–Trinajstić information content (AvgIpc) is 2.43. The van der Waals surface area contributed by atoms with E-state index in [0.717, 1.165) is 11.5 Å². The average molecular weight is 311 g/mol. The van der Waals surface area contributed by atoms with E-state index in [4.69, 9.17) is 5.11 Å². The largest absolute Gasteiger partial charge is 0.481 e. The second-order valence-electron chi connectivity index (χ2n) is 4.61. The van der Waals surface area contributed by atoms with Crippen molar-refractivity contribution >= 4 is 21.7 Å². The Hall–Kier alpha value is -2.15. The number of carboxylic acids is 1. The van der Waals surface area contributed by atoms with Crippen molar-refractivity contribution in [1.29, 1.82) is 0 Å². The highest BCUT2D eigenvalue weighted by Crippen LogP contribution is 2.10. The van der Waals surface area contributed by atoms with E-state index in [1.165, 1.54) is 12.1 Å². The molecule has 0 aliphatic heterocycles. The maximum absolute atomic E-state index is 11.9. The van der Waals surface area contributed by atoms with Crippen LogP contribution in [0.1, 0.15) is 13.3 Å². The molecule has 0 bridgehead atoms. The molecule has 1 rings (SSSR count). The van der Waals surface area contributed by atoms with Crippen molar-refractivity contribution in [1.82, 2.24) is 5.32 Å². The molecule has 0 saturated heterocycles. The van der Waals surface area contributed by atoms with E-state index in [0.29, 0.717) is 0 Å². The first kappa shape index (κ1) is 16.9. The summed E-state index contributed by atoms with van der Waals surface area (Å²) >= 11 is 0. The number of amides is 1. The van der Waals surface area contributed by atoms with Crippen molar-refractivity contribution in [2.45, 2.75) is 18.2 Å². The lowest BCUT2D eigenvalue weighted by atomic mass is 10.1. The summed E-state index contributed by atoms with van der Waals surface area (Å²) in [6.07, 6.45) is 0.863. The van der Waals surface area contributed by atoms with Crippen LogP contribution in [0.25, 0.3) is 0 Å². The zero-order valence-corrected chi connectivity index (χ0v) is 12.3. The van der Waals surface area contributed by atoms with Crippen LogP contribution in [0, 0.1) is 5.92 Å². The van der Waals surface area contributed by atoms with Crippen LogP contribution in [0.15, 0.2) is 46.7 Å². The molecule has 6 nitrogen and oxygen atoms in total. The van der Waals surface area contributed by atoms with E-state index >= 15 is 0 Å². The summed E-state index contributed by atoms with van der Waals surface area (Å²) in [4.78, 5) is 22.1. The Bertz CT molecular complexity index is 622. The van der Waals surface area contributed by atoms with E-state index in [1.54, 1.807) is 25.1 Å². The van der Waals surface area contributed by atoms with Crippen LogP contribution >= 0.6 is 0 Å². The highest BCUT2D eigenvalue weighted by molar-refractivity contribution is 7.94. The smallest absolute Gasteiger partial charge is 0.303 e. The maximum atomic E-state index is 11.9. The second kappa shape index (κ2) is 7.58. The third kappa shape index (κ3) is 6.22. The highest BCUT2D eigenvalue weighted by atomic mass is 32.2. The van der Waals surface area contributed by atoms with Gasteiger partial charge in [-0.2, -0.15) is 0 Å². The number of carboxylic acid groups (broad SMARTS) is 1. The summed E-state index contributed by atoms with van der Waals surface area (Å²) in [7, 11) is -3.65. The van der Waals surface area contributed by atoms with E-state index in [2.05, 4.69) is 5.32 Å². The number of hydrogen-bond donors (Lipinski definition) is 2. The topological polar surface area (TPSA) is 101 Å². The monoisotopic (exact) mass is 311 g/mol. The molecule has 1 aromatic rings. The molecule has 0 heterocycles. The fraction of sp³-hybridized carbons (Fsp3) is 0.286. The molecule has 2 N–H and O–H groups in total. The van der Waals surface area contributed by atoms with Crippen LogP contribution in [-0.4, -0.2) is 31.9 Å². The molecule has 114 valence electrons. The summed E-state index contributed by atoms with van der Waals surface area (Å²) in [5, 5.41) is 11.9. The number of carbonyl (C=O) groups is 2. The number of nitrogens with one attached hydrogen (secondary N) is 1. The van der Waals surface area contributed by atoms with Gasteiger partial charge in [0.2, 0.25) is 5.91 Å². The molecule has 0 radical (unpaired) electrons. The van der Waals surface area contributed by atoms with Gasteiger partial charge in [0.05, 0.1) is 4.90 Å². The Labute approximate surface area is 123 Å². The third-order valence-corrected chi connectivity index (χ3v) is 4.04. The zero-order valence-electron chi connectivity index (χ0n) is 11.5. The SMILES string of the molecule is CC(CNC(=O)/C=C/S(=O)(=O)c1ccccc1)CC(=O)O. The molecule has 0 aromatic heterocycles. The van der Waals surface area contributed by atoms with Crippen molar-refractivity contribution in [2.24, 2.45) is 5.92 Å². The molecule has 0 aliphatic rings. The first-order valence-corrected chi connectivity index (χ1v) is 7.83. The zero-order chi connectivity index (χ0) is 15.9. The number of sulfone groups is 1. The van der Waals surface area contributed by atoms with Crippen molar-refractivity contribution in [3.05, 3.63) is 41.8 Å². The molecular weight excluding hydrogens is 294 g/mol. The van der Waals surface area contributed by atoms with Crippen LogP contribution in [0.4, 0.5) is 0 Å². The summed E-state index contributed by atoms with van der Waals surface area (Å²) in [6.45, 7) is 1.85. The molecule has 1 atom stereocenters. The molecule has 0 spiro atoms. The number of hydrogen-bond acceptors (Lipinski definition) is 4. The molecule has 0 saturated carbocycles. The standard InChI is InChI=1S/C14H17NO5S/c1-11(9-14(17)18)10-15-13(16)7-8-21(19,20)12-5-3-2-4-6-12/h2-8,11H,9-10H2,1H3,(H,15,16)(H,17,18)/b8-7+. The molecule has 1 unspecified atom stereocenters. The third-order valence-electron chi connectivity index (χ3n) is 2.62. The minimum absolute atomic E-state index is 0.0632. The van der Waals surface area contributed by atoms with Crippen molar-refractivity contribution in [3.63, 3.8) is 0 Å². The number of benzene rings is 1. The van der Waals surface area contributed by atoms with Gasteiger partial charge in [-0.25, -0.2) is 8.42 Å². The Balaban J connectivity index is 2.56. The van der Waals surface area contributed by atoms with E-state index in [1.807, 2.05) is 0 Å². The van der Waals surface area contributed by atoms with E-state index < -0.39 is 21.7 Å². The quantitative estimate of drug-likeness (QED) is 0.737. The van der Waals surface area contributed by atoms with Gasteiger partial charge in [-0.05, 0) is 18.1 Å². The van der Waals surface area contributed by atoms with Gasteiger partial charge >= 0.3 is 5.97 Å². The fourth-order valence-corrected chi connectivity index (χ4v) is 2.54. The lowest BCUT2D eigenvalue weighted by Crippen LogP contribution is -2.27. The summed E-state index contributed by atoms with van der Waals surface area (Å²) in [5.41, 5.74) is 0. The minimum atomic E-state index is -3.65. The normalized spacial score (nSPS) is 13.0. The molecule has 7 heteroatoms. The number of aliphatic carboxylic acids is 1. The lowest BCUT2D eigenvalue weighted by molar-refractivity contribution is -0.138. The van der Waals surface area contributed by atoms with Crippen LogP contribution < -0.4 is 5.32 Å². The molecular formula is C14H17NO5S. The summed E-state index contributed by atoms with van der Waals surface area (Å²) < 4.78 is 23.8. The minimum Gasteiger partial charge on any atom is -0.481 e. The molecule has 0 fully saturated rings. The molecule has 1 amide bonds. The molecule has 0 aliphatic carbocycles. The first-order chi connectivity index (χ1) is 9.81. The Morgan fingerprint density at radius 2 is 1.90 bits per heavy atom. The second-order valence-corrected chi connectivity index (χ2v) is 6.44. The van der Waals surface area contributed by atoms with E-state index in [9.17, 15) is 18.0 Å². The van der Waals surface area contributed by atoms with Crippen LogP contribution in [0.2, 0.25) is 0 Å². The van der Waals surface area contributed by atoms with Gasteiger partial charge in [0, 0.05) is 24.4 Å². The van der Waals surface area contributed by atoms with Gasteiger partial charge < -0.3 is 10.4 Å². The first-order valence-electron chi connectivity index (χ1n) is 6.29. The highest BCUT2D eigenvalue weighted by Gasteiger charge is 2.11. The Morgan fingerprint density at radius 1 is 1.29 bits per heavy atom. The van der Waals surface area contributed by atoms with Gasteiger partial charge in [0.1, 0.15) is 0 Å². The van der Waals surface area contributed by atoms with Crippen LogP contribution in [0.5, 0.6) is 0 Å². The van der Waals surface area contributed by atoms with Crippen molar-refractivity contribution in [2.75, 3.05) is 6.54 Å². The lowest BCUT2D eigenvalue weighted by Gasteiger charge is -2.08. The van der Waals surface area contributed by atoms with Gasteiger partial charge in [-0.15, -0.1) is 0 Å². The van der Waals surface area contributed by atoms with Crippen LogP contribution in [-0.2, 0) is 19.4 Å². The van der Waals surface area contributed by atoms with Crippen molar-refractivity contribution in [3.8, 4) is 0 Å². The summed E-state index contributed by atoms with van der Waals surface area (Å²) in [6, 6.07) is 7.75. The molecule has 21 heavy (non-hydrogen) atoms. The summed E-state index contributed by atoms with van der Waals surface area (Å²) in [5.74, 6) is -1.75. The predicted molar refractivity (Wildman–Crippen MR) is 77.2 cm³/mol. The maximum Gasteiger partial charge on any atom is 0.303 e. The van der Waals surface area contributed by atoms with Gasteiger partial charge in [-0.3, -0.25) is 9.59 Å². The van der Waals surface area contributed by atoms with Crippen molar-refractivity contribution < 1.29 is 23.1 Å². The number of rotatable bonds is 7. The van der Waals surface area contributed by atoms with Gasteiger partial charge in [0.25, 0.3) is 0 Å². The van der Waals surface area contributed by atoms with Gasteiger partial charge in [-0.1, -0.05) is 25.1 Å². The Kier molecular flexibility index (Phi) is 6.10. The fourth-order valence-electron chi connectivity index (χ4n) is 1.54. The van der Waals surface area contributed by atoms with E-state index in [-0.39, 0.29) is 23.8 Å². The predicted octanol–water partition coefficient (Wildman–Crippen LogP) is 1.20.